The fraction of sp³-hybridized carbons (Fsp3) is 0.833. The van der Waals surface area contributed by atoms with Gasteiger partial charge in [-0.25, -0.2) is 0 Å². The lowest BCUT2D eigenvalue weighted by Crippen LogP contribution is -2.43. The van der Waals surface area contributed by atoms with Crippen molar-refractivity contribution in [2.45, 2.75) is 68.7 Å². The van der Waals surface area contributed by atoms with Crippen LogP contribution in [0.15, 0.2) is 4.52 Å². The summed E-state index contributed by atoms with van der Waals surface area (Å²) >= 11 is 0. The lowest BCUT2D eigenvalue weighted by molar-refractivity contribution is -0.136. The van der Waals surface area contributed by atoms with Crippen molar-refractivity contribution in [1.82, 2.24) is 15.0 Å². The Kier molecular flexibility index (Phi) is 5.89. The minimum absolute atomic E-state index is 0. The van der Waals surface area contributed by atoms with Gasteiger partial charge in [0, 0.05) is 19.5 Å². The summed E-state index contributed by atoms with van der Waals surface area (Å²) in [5.41, 5.74) is 5.72. The molecule has 0 aromatic carbocycles. The maximum absolute atomic E-state index is 12.8. The van der Waals surface area contributed by atoms with E-state index >= 15 is 0 Å². The number of hydrogen-bond acceptors (Lipinski definition) is 6. The topological polar surface area (TPSA) is 94.5 Å². The zero-order valence-electron chi connectivity index (χ0n) is 15.2. The Bertz CT molecular complexity index is 618. The fourth-order valence-electron chi connectivity index (χ4n) is 4.60. The number of morpholine rings is 1. The summed E-state index contributed by atoms with van der Waals surface area (Å²) in [6, 6.07) is 0. The first-order valence-electron chi connectivity index (χ1n) is 9.61. The van der Waals surface area contributed by atoms with Crippen LogP contribution in [0, 0.1) is 0 Å². The van der Waals surface area contributed by atoms with Gasteiger partial charge in [0.15, 0.2) is 5.82 Å². The number of nitrogens with two attached hydrogens (primary N) is 1. The number of carbonyl (C=O) groups excluding carboxylic acids is 1. The monoisotopic (exact) mass is 384 g/mol. The summed E-state index contributed by atoms with van der Waals surface area (Å²) in [6.07, 6.45) is 8.56. The lowest BCUT2D eigenvalue weighted by Gasteiger charge is -2.31. The molecule has 1 saturated heterocycles. The molecule has 2 N–H and O–H groups in total. The number of halogens is 1. The molecule has 26 heavy (non-hydrogen) atoms. The average molecular weight is 385 g/mol. The van der Waals surface area contributed by atoms with Gasteiger partial charge in [-0.3, -0.25) is 4.79 Å². The quantitative estimate of drug-likeness (QED) is 0.855. The van der Waals surface area contributed by atoms with Gasteiger partial charge in [-0.15, -0.1) is 12.4 Å². The number of rotatable bonds is 4. The minimum atomic E-state index is -0.449. The second-order valence-electron chi connectivity index (χ2n) is 7.94. The summed E-state index contributed by atoms with van der Waals surface area (Å²) in [6.45, 7) is 2.60. The maximum Gasteiger partial charge on any atom is 0.233 e. The molecule has 1 amide bonds. The van der Waals surface area contributed by atoms with Gasteiger partial charge in [0.25, 0.3) is 0 Å². The highest BCUT2D eigenvalue weighted by Crippen LogP contribution is 2.44. The summed E-state index contributed by atoms with van der Waals surface area (Å²) in [7, 11) is 0. The molecule has 1 aromatic rings. The predicted octanol–water partition coefficient (Wildman–Crippen LogP) is 2.28. The van der Waals surface area contributed by atoms with Gasteiger partial charge >= 0.3 is 0 Å². The maximum atomic E-state index is 12.8. The molecule has 1 aromatic heterocycles. The van der Waals surface area contributed by atoms with E-state index in [1.54, 1.807) is 0 Å². The van der Waals surface area contributed by atoms with Crippen molar-refractivity contribution in [3.63, 3.8) is 0 Å². The van der Waals surface area contributed by atoms with E-state index in [2.05, 4.69) is 5.16 Å². The largest absolute Gasteiger partial charge is 0.378 e. The van der Waals surface area contributed by atoms with E-state index in [1.165, 1.54) is 0 Å². The normalized spacial score (nSPS) is 24.4. The highest BCUT2D eigenvalue weighted by Gasteiger charge is 2.45. The first-order valence-corrected chi connectivity index (χ1v) is 9.61. The Morgan fingerprint density at radius 2 is 1.69 bits per heavy atom. The lowest BCUT2D eigenvalue weighted by atomic mass is 9.81. The van der Waals surface area contributed by atoms with Gasteiger partial charge in [-0.1, -0.05) is 30.8 Å². The van der Waals surface area contributed by atoms with Crippen molar-refractivity contribution < 1.29 is 14.1 Å². The Morgan fingerprint density at radius 3 is 2.35 bits per heavy atom. The van der Waals surface area contributed by atoms with Gasteiger partial charge in [0.2, 0.25) is 11.8 Å². The molecular weight excluding hydrogens is 356 g/mol. The number of aromatic nitrogens is 2. The molecule has 3 fully saturated rings. The smallest absolute Gasteiger partial charge is 0.233 e. The molecule has 0 bridgehead atoms. The Hall–Kier alpha value is -1.18. The summed E-state index contributed by atoms with van der Waals surface area (Å²) in [5.74, 6) is 1.43. The predicted molar refractivity (Wildman–Crippen MR) is 98.0 cm³/mol. The molecule has 2 heterocycles. The van der Waals surface area contributed by atoms with Crippen LogP contribution >= 0.6 is 12.4 Å². The Balaban J connectivity index is 0.00000196. The van der Waals surface area contributed by atoms with Crippen LogP contribution in [0.4, 0.5) is 0 Å². The van der Waals surface area contributed by atoms with Crippen LogP contribution in [0.1, 0.15) is 69.5 Å². The molecule has 4 rings (SSSR count). The second-order valence-corrected chi connectivity index (χ2v) is 7.94. The molecule has 3 aliphatic rings. The van der Waals surface area contributed by atoms with Gasteiger partial charge in [-0.2, -0.15) is 4.98 Å². The molecule has 1 aliphatic heterocycles. The Morgan fingerprint density at radius 1 is 1.08 bits per heavy atom. The molecule has 0 unspecified atom stereocenters. The Labute approximate surface area is 160 Å². The van der Waals surface area contributed by atoms with Crippen LogP contribution in [0.2, 0.25) is 0 Å². The molecule has 7 nitrogen and oxygen atoms in total. The van der Waals surface area contributed by atoms with Gasteiger partial charge in [0.1, 0.15) is 0 Å². The molecule has 0 atom stereocenters. The number of nitrogens with zero attached hydrogens (tertiary/aromatic N) is 3. The number of hydrogen-bond donors (Lipinski definition) is 1. The van der Waals surface area contributed by atoms with E-state index in [-0.39, 0.29) is 23.7 Å². The van der Waals surface area contributed by atoms with Crippen molar-refractivity contribution in [1.29, 1.82) is 0 Å². The molecule has 2 aliphatic carbocycles. The standard InChI is InChI=1S/C18H28N4O3.ClH/c19-18(7-3-4-8-18)15-20-16(25-21-15)17(5-1-2-6-17)13-14(23)22-9-11-24-12-10-22;/h1-13,19H2;1H. The first kappa shape index (κ1) is 19.6. The van der Waals surface area contributed by atoms with Crippen LogP contribution in [0.25, 0.3) is 0 Å². The third kappa shape index (κ3) is 3.62. The van der Waals surface area contributed by atoms with Crippen molar-refractivity contribution >= 4 is 18.3 Å². The number of carbonyl (C=O) groups is 1. The summed E-state index contributed by atoms with van der Waals surface area (Å²) < 4.78 is 11.0. The van der Waals surface area contributed by atoms with Gasteiger partial charge < -0.3 is 19.9 Å². The van der Waals surface area contributed by atoms with E-state index in [0.717, 1.165) is 51.4 Å². The van der Waals surface area contributed by atoms with Crippen molar-refractivity contribution in [3.05, 3.63) is 11.7 Å². The molecule has 0 radical (unpaired) electrons. The van der Waals surface area contributed by atoms with Crippen molar-refractivity contribution in [3.8, 4) is 0 Å². The number of ether oxygens (including phenoxy) is 1. The van der Waals surface area contributed by atoms with Crippen LogP contribution in [-0.2, 0) is 20.5 Å². The highest BCUT2D eigenvalue weighted by atomic mass is 35.5. The zero-order valence-corrected chi connectivity index (χ0v) is 16.1. The van der Waals surface area contributed by atoms with Crippen LogP contribution in [-0.4, -0.2) is 47.3 Å². The van der Waals surface area contributed by atoms with E-state index < -0.39 is 5.54 Å². The zero-order chi connectivity index (χ0) is 17.3. The molecular formula is C18H29ClN4O3. The van der Waals surface area contributed by atoms with Gasteiger partial charge in [0.05, 0.1) is 24.2 Å². The van der Waals surface area contributed by atoms with E-state index in [0.29, 0.717) is 44.4 Å². The van der Waals surface area contributed by atoms with Crippen LogP contribution in [0.3, 0.4) is 0 Å². The van der Waals surface area contributed by atoms with Crippen molar-refractivity contribution in [2.75, 3.05) is 26.3 Å². The molecule has 8 heteroatoms. The SMILES string of the molecule is Cl.NC1(c2noc(C3(CC(=O)N4CCOCC4)CCCC3)n2)CCCC1. The van der Waals surface area contributed by atoms with Crippen molar-refractivity contribution in [2.24, 2.45) is 5.73 Å². The minimum Gasteiger partial charge on any atom is -0.378 e. The van der Waals surface area contributed by atoms with Crippen LogP contribution < -0.4 is 5.73 Å². The van der Waals surface area contributed by atoms with E-state index in [1.807, 2.05) is 4.90 Å². The third-order valence-corrected chi connectivity index (χ3v) is 6.23. The number of amides is 1. The summed E-state index contributed by atoms with van der Waals surface area (Å²) in [4.78, 5) is 19.4. The average Bonchev–Trinajstić information content (AvgIpc) is 3.36. The first-order chi connectivity index (χ1) is 12.1. The second kappa shape index (κ2) is 7.82. The fourth-order valence-corrected chi connectivity index (χ4v) is 4.60. The molecule has 146 valence electrons. The van der Waals surface area contributed by atoms with E-state index in [4.69, 9.17) is 20.0 Å². The van der Waals surface area contributed by atoms with Gasteiger partial charge in [-0.05, 0) is 25.7 Å². The molecule has 2 saturated carbocycles. The molecule has 0 spiro atoms. The van der Waals surface area contributed by atoms with E-state index in [9.17, 15) is 4.79 Å². The third-order valence-electron chi connectivity index (χ3n) is 6.23. The van der Waals surface area contributed by atoms with Crippen LogP contribution in [0.5, 0.6) is 0 Å². The highest BCUT2D eigenvalue weighted by molar-refractivity contribution is 5.85. The summed E-state index contributed by atoms with van der Waals surface area (Å²) in [5, 5.41) is 4.22.